The molecule has 1 heterocycles. The molecule has 1 aromatic rings. The number of anilines is 1. The molecule has 0 aliphatic rings. The molecule has 0 amide bonds. The number of rotatable bonds is 3. The number of carbonyl (C=O) groups excluding carboxylic acids is 1. The molecule has 0 bridgehead atoms. The normalized spacial score (nSPS) is 9.38. The Balaban J connectivity index is 2.50. The van der Waals surface area contributed by atoms with Gasteiger partial charge in [-0.15, -0.1) is 0 Å². The van der Waals surface area contributed by atoms with Crippen LogP contribution in [-0.4, -0.2) is 29.6 Å². The summed E-state index contributed by atoms with van der Waals surface area (Å²) in [4.78, 5) is 18.5. The number of nitrogens with one attached hydrogen (secondary N) is 1. The monoisotopic (exact) mass is 245 g/mol. The summed E-state index contributed by atoms with van der Waals surface area (Å²) >= 11 is 3.18. The summed E-state index contributed by atoms with van der Waals surface area (Å²) in [6, 6.07) is 1.67. The Morgan fingerprint density at radius 1 is 1.69 bits per heavy atom. The van der Waals surface area contributed by atoms with Crippen LogP contribution in [0.15, 0.2) is 17.0 Å². The van der Waals surface area contributed by atoms with Crippen LogP contribution in [-0.2, 0) is 9.53 Å². The van der Waals surface area contributed by atoms with Crippen LogP contribution in [0.5, 0.6) is 0 Å². The van der Waals surface area contributed by atoms with E-state index in [9.17, 15) is 4.79 Å². The molecule has 5 nitrogen and oxygen atoms in total. The molecule has 0 fully saturated rings. The molecule has 0 unspecified atom stereocenters. The molecule has 0 saturated carbocycles. The van der Waals surface area contributed by atoms with E-state index in [0.717, 1.165) is 0 Å². The molecule has 6 heteroatoms. The number of carbonyl (C=O) groups is 1. The van der Waals surface area contributed by atoms with Gasteiger partial charge in [0.1, 0.15) is 23.3 Å². The third-order valence-electron chi connectivity index (χ3n) is 1.28. The lowest BCUT2D eigenvalue weighted by Gasteiger charge is -2.02. The van der Waals surface area contributed by atoms with Crippen molar-refractivity contribution < 1.29 is 9.53 Å². The van der Waals surface area contributed by atoms with Gasteiger partial charge in [-0.25, -0.2) is 9.97 Å². The molecule has 1 rings (SSSR count). The first-order valence-corrected chi connectivity index (χ1v) is 4.30. The fourth-order valence-electron chi connectivity index (χ4n) is 0.665. The average Bonchev–Trinajstić information content (AvgIpc) is 2.14. The lowest BCUT2D eigenvalue weighted by molar-refractivity contribution is -0.138. The van der Waals surface area contributed by atoms with E-state index in [2.05, 4.69) is 36.0 Å². The van der Waals surface area contributed by atoms with Crippen LogP contribution in [0.25, 0.3) is 0 Å². The van der Waals surface area contributed by atoms with E-state index in [1.54, 1.807) is 6.07 Å². The van der Waals surface area contributed by atoms with Gasteiger partial charge in [-0.3, -0.25) is 4.79 Å². The Morgan fingerprint density at radius 3 is 3.08 bits per heavy atom. The number of esters is 1. The molecule has 0 atom stereocenters. The van der Waals surface area contributed by atoms with E-state index in [4.69, 9.17) is 0 Å². The zero-order chi connectivity index (χ0) is 9.68. The maximum absolute atomic E-state index is 10.7. The van der Waals surface area contributed by atoms with Gasteiger partial charge in [-0.05, 0) is 15.9 Å². The van der Waals surface area contributed by atoms with Crippen molar-refractivity contribution in [3.05, 3.63) is 17.0 Å². The molecule has 0 aliphatic carbocycles. The van der Waals surface area contributed by atoms with Crippen LogP contribution < -0.4 is 5.32 Å². The molecule has 0 aromatic carbocycles. The highest BCUT2D eigenvalue weighted by atomic mass is 79.9. The Morgan fingerprint density at radius 2 is 2.46 bits per heavy atom. The van der Waals surface area contributed by atoms with Crippen molar-refractivity contribution in [1.29, 1.82) is 0 Å². The average molecular weight is 246 g/mol. The standard InChI is InChI=1S/C7H8BrN3O2/c1-13-7(12)3-9-6-2-5(8)10-4-11-6/h2,4H,3H2,1H3,(H,9,10,11). The molecule has 1 aromatic heterocycles. The lowest BCUT2D eigenvalue weighted by atomic mass is 10.5. The zero-order valence-electron chi connectivity index (χ0n) is 6.95. The van der Waals surface area contributed by atoms with Gasteiger partial charge in [0.15, 0.2) is 0 Å². The van der Waals surface area contributed by atoms with Gasteiger partial charge >= 0.3 is 5.97 Å². The van der Waals surface area contributed by atoms with Gasteiger partial charge in [0.05, 0.1) is 7.11 Å². The van der Waals surface area contributed by atoms with E-state index < -0.39 is 0 Å². The van der Waals surface area contributed by atoms with Crippen LogP contribution in [0.3, 0.4) is 0 Å². The Hall–Kier alpha value is -1.17. The third kappa shape index (κ3) is 3.37. The van der Waals surface area contributed by atoms with Crippen LogP contribution in [0.2, 0.25) is 0 Å². The number of nitrogens with zero attached hydrogens (tertiary/aromatic N) is 2. The van der Waals surface area contributed by atoms with Crippen molar-refractivity contribution in [2.75, 3.05) is 19.0 Å². The predicted molar refractivity (Wildman–Crippen MR) is 50.2 cm³/mol. The summed E-state index contributed by atoms with van der Waals surface area (Å²) < 4.78 is 5.11. The highest BCUT2D eigenvalue weighted by Crippen LogP contribution is 2.08. The molecule has 0 spiro atoms. The number of methoxy groups -OCH3 is 1. The van der Waals surface area contributed by atoms with Gasteiger partial charge < -0.3 is 10.1 Å². The Bertz CT molecular complexity index is 306. The summed E-state index contributed by atoms with van der Waals surface area (Å²) in [5.74, 6) is 0.238. The van der Waals surface area contributed by atoms with Crippen LogP contribution >= 0.6 is 15.9 Å². The number of ether oxygens (including phenoxy) is 1. The van der Waals surface area contributed by atoms with Crippen LogP contribution in [0.4, 0.5) is 5.82 Å². The quantitative estimate of drug-likeness (QED) is 0.632. The van der Waals surface area contributed by atoms with Crippen molar-refractivity contribution in [2.24, 2.45) is 0 Å². The minimum Gasteiger partial charge on any atom is -0.468 e. The lowest BCUT2D eigenvalue weighted by Crippen LogP contribution is -2.15. The number of halogens is 1. The van der Waals surface area contributed by atoms with Crippen molar-refractivity contribution in [3.8, 4) is 0 Å². The number of aromatic nitrogens is 2. The molecule has 70 valence electrons. The van der Waals surface area contributed by atoms with Gasteiger partial charge in [0.2, 0.25) is 0 Å². The molecular weight excluding hydrogens is 238 g/mol. The second-order valence-corrected chi connectivity index (χ2v) is 2.97. The Labute approximate surface area is 83.7 Å². The van der Waals surface area contributed by atoms with Gasteiger partial charge in [0.25, 0.3) is 0 Å². The van der Waals surface area contributed by atoms with Crippen molar-refractivity contribution in [2.45, 2.75) is 0 Å². The van der Waals surface area contributed by atoms with Gasteiger partial charge in [-0.2, -0.15) is 0 Å². The summed E-state index contributed by atoms with van der Waals surface area (Å²) in [7, 11) is 1.33. The fourth-order valence-corrected chi connectivity index (χ4v) is 0.974. The highest BCUT2D eigenvalue weighted by molar-refractivity contribution is 9.10. The minimum atomic E-state index is -0.338. The second-order valence-electron chi connectivity index (χ2n) is 2.16. The largest absolute Gasteiger partial charge is 0.468 e. The van der Waals surface area contributed by atoms with E-state index in [1.165, 1.54) is 13.4 Å². The summed E-state index contributed by atoms with van der Waals surface area (Å²) in [6.07, 6.45) is 1.39. The predicted octanol–water partition coefficient (Wildman–Crippen LogP) is 0.824. The van der Waals surface area contributed by atoms with E-state index in [1.807, 2.05) is 0 Å². The molecular formula is C7H8BrN3O2. The third-order valence-corrected chi connectivity index (χ3v) is 1.71. The van der Waals surface area contributed by atoms with E-state index in [0.29, 0.717) is 10.4 Å². The van der Waals surface area contributed by atoms with E-state index in [-0.39, 0.29) is 12.5 Å². The molecule has 13 heavy (non-hydrogen) atoms. The van der Waals surface area contributed by atoms with Crippen molar-refractivity contribution >= 4 is 27.7 Å². The molecule has 1 N–H and O–H groups in total. The zero-order valence-corrected chi connectivity index (χ0v) is 8.54. The molecule has 0 radical (unpaired) electrons. The van der Waals surface area contributed by atoms with Gasteiger partial charge in [0, 0.05) is 6.07 Å². The van der Waals surface area contributed by atoms with Crippen molar-refractivity contribution in [3.63, 3.8) is 0 Å². The molecule has 0 aliphatic heterocycles. The van der Waals surface area contributed by atoms with Crippen LogP contribution in [0.1, 0.15) is 0 Å². The summed E-state index contributed by atoms with van der Waals surface area (Å²) in [6.45, 7) is 0.0972. The smallest absolute Gasteiger partial charge is 0.325 e. The minimum absolute atomic E-state index is 0.0972. The van der Waals surface area contributed by atoms with Gasteiger partial charge in [-0.1, -0.05) is 0 Å². The fraction of sp³-hybridized carbons (Fsp3) is 0.286. The topological polar surface area (TPSA) is 64.1 Å². The molecule has 0 saturated heterocycles. The summed E-state index contributed by atoms with van der Waals surface area (Å²) in [5.41, 5.74) is 0. The Kier molecular flexibility index (Phi) is 3.63. The van der Waals surface area contributed by atoms with Crippen molar-refractivity contribution in [1.82, 2.24) is 9.97 Å². The first-order valence-electron chi connectivity index (χ1n) is 3.50. The second kappa shape index (κ2) is 4.76. The summed E-state index contributed by atoms with van der Waals surface area (Å²) in [5, 5.41) is 2.78. The maximum Gasteiger partial charge on any atom is 0.325 e. The van der Waals surface area contributed by atoms with Crippen LogP contribution in [0, 0.1) is 0 Å². The number of hydrogen-bond donors (Lipinski definition) is 1. The van der Waals surface area contributed by atoms with E-state index >= 15 is 0 Å². The maximum atomic E-state index is 10.7. The number of hydrogen-bond acceptors (Lipinski definition) is 5. The highest BCUT2D eigenvalue weighted by Gasteiger charge is 2.00. The first kappa shape index (κ1) is 9.91. The SMILES string of the molecule is COC(=O)CNc1cc(Br)ncn1. The first-order chi connectivity index (χ1) is 6.22.